The Morgan fingerprint density at radius 1 is 1.06 bits per heavy atom. The fraction of sp³-hybridized carbons (Fsp3) is 0.391. The lowest BCUT2D eigenvalue weighted by Crippen LogP contribution is -2.42. The van der Waals surface area contributed by atoms with Crippen molar-refractivity contribution in [1.29, 1.82) is 0 Å². The molecule has 1 amide bonds. The van der Waals surface area contributed by atoms with Crippen LogP contribution in [0.15, 0.2) is 40.3 Å². The average molecular weight is 440 g/mol. The van der Waals surface area contributed by atoms with E-state index in [-0.39, 0.29) is 18.1 Å². The molecule has 9 heteroatoms. The first-order chi connectivity index (χ1) is 15.5. The summed E-state index contributed by atoms with van der Waals surface area (Å²) in [6, 6.07) is 7.60. The van der Waals surface area contributed by atoms with Crippen LogP contribution >= 0.6 is 0 Å². The van der Waals surface area contributed by atoms with Crippen LogP contribution in [-0.2, 0) is 14.3 Å². The zero-order valence-electron chi connectivity index (χ0n) is 17.7. The molecule has 0 bridgehead atoms. The lowest BCUT2D eigenvalue weighted by molar-refractivity contribution is -0.140. The summed E-state index contributed by atoms with van der Waals surface area (Å²) in [5.41, 5.74) is 0.374. The van der Waals surface area contributed by atoms with Crippen molar-refractivity contribution in [3.8, 4) is 11.5 Å². The van der Waals surface area contributed by atoms with E-state index >= 15 is 0 Å². The number of aliphatic hydroxyl groups is 1. The highest BCUT2D eigenvalue weighted by molar-refractivity contribution is 6.46. The molecule has 3 aliphatic rings. The normalized spacial score (nSPS) is 22.7. The van der Waals surface area contributed by atoms with Gasteiger partial charge in [-0.15, -0.1) is 0 Å². The van der Waals surface area contributed by atoms with Crippen LogP contribution in [0, 0.1) is 6.92 Å². The van der Waals surface area contributed by atoms with Gasteiger partial charge in [0, 0.05) is 31.7 Å². The Balaban J connectivity index is 1.52. The molecule has 1 aromatic carbocycles. The van der Waals surface area contributed by atoms with E-state index in [1.165, 1.54) is 4.90 Å². The third kappa shape index (κ3) is 3.63. The van der Waals surface area contributed by atoms with Gasteiger partial charge in [-0.25, -0.2) is 0 Å². The number of ketones is 1. The summed E-state index contributed by atoms with van der Waals surface area (Å²) in [7, 11) is 0. The molecule has 168 valence electrons. The number of likely N-dealkylation sites (tertiary alicyclic amines) is 1. The highest BCUT2D eigenvalue weighted by Crippen LogP contribution is 2.41. The Morgan fingerprint density at radius 3 is 2.59 bits per heavy atom. The first-order valence-electron chi connectivity index (χ1n) is 10.6. The number of nitrogens with zero attached hydrogens (tertiary/aromatic N) is 2. The fourth-order valence-corrected chi connectivity index (χ4v) is 4.28. The van der Waals surface area contributed by atoms with Crippen molar-refractivity contribution in [1.82, 2.24) is 9.80 Å². The number of morpholine rings is 1. The number of aryl methyl sites for hydroxylation is 1. The zero-order valence-corrected chi connectivity index (χ0v) is 17.7. The SMILES string of the molecule is Cc1ccc(C2/C(=C(\O)c3ccc4c(c3)OCO4)C(=O)C(=O)N2CCN2CCOCC2)o1. The number of carbonyl (C=O) groups excluding carboxylic acids is 2. The van der Waals surface area contributed by atoms with Gasteiger partial charge >= 0.3 is 0 Å². The van der Waals surface area contributed by atoms with Gasteiger partial charge in [-0.2, -0.15) is 0 Å². The molecule has 9 nitrogen and oxygen atoms in total. The van der Waals surface area contributed by atoms with Gasteiger partial charge < -0.3 is 28.6 Å². The second kappa shape index (κ2) is 8.33. The van der Waals surface area contributed by atoms with E-state index in [4.69, 9.17) is 18.6 Å². The zero-order chi connectivity index (χ0) is 22.2. The molecule has 1 unspecified atom stereocenters. The van der Waals surface area contributed by atoms with Gasteiger partial charge in [0.15, 0.2) is 11.5 Å². The third-order valence-corrected chi connectivity index (χ3v) is 5.98. The Hall–Kier alpha value is -3.30. The van der Waals surface area contributed by atoms with Crippen LogP contribution in [-0.4, -0.2) is 72.8 Å². The molecular formula is C23H24N2O7. The van der Waals surface area contributed by atoms with Crippen LogP contribution in [0.25, 0.3) is 5.76 Å². The lowest BCUT2D eigenvalue weighted by atomic mass is 9.99. The number of aliphatic hydroxyl groups excluding tert-OH is 1. The highest BCUT2D eigenvalue weighted by Gasteiger charge is 2.47. The largest absolute Gasteiger partial charge is 0.507 e. The Morgan fingerprint density at radius 2 is 1.84 bits per heavy atom. The van der Waals surface area contributed by atoms with Crippen molar-refractivity contribution in [2.45, 2.75) is 13.0 Å². The van der Waals surface area contributed by atoms with E-state index in [0.717, 1.165) is 13.1 Å². The summed E-state index contributed by atoms with van der Waals surface area (Å²) < 4.78 is 21.9. The van der Waals surface area contributed by atoms with Gasteiger partial charge in [-0.1, -0.05) is 0 Å². The van der Waals surface area contributed by atoms with Crippen LogP contribution in [0.5, 0.6) is 11.5 Å². The van der Waals surface area contributed by atoms with Crippen molar-refractivity contribution in [2.75, 3.05) is 46.2 Å². The van der Waals surface area contributed by atoms with Gasteiger partial charge in [0.05, 0.1) is 18.8 Å². The first-order valence-corrected chi connectivity index (χ1v) is 10.6. The van der Waals surface area contributed by atoms with E-state index < -0.39 is 17.7 Å². The van der Waals surface area contributed by atoms with E-state index in [0.29, 0.717) is 54.9 Å². The van der Waals surface area contributed by atoms with Crippen LogP contribution in [0.1, 0.15) is 23.1 Å². The summed E-state index contributed by atoms with van der Waals surface area (Å²) in [4.78, 5) is 29.7. The summed E-state index contributed by atoms with van der Waals surface area (Å²) >= 11 is 0. The molecule has 4 heterocycles. The fourth-order valence-electron chi connectivity index (χ4n) is 4.28. The number of benzene rings is 1. The van der Waals surface area contributed by atoms with Crippen LogP contribution in [0.3, 0.4) is 0 Å². The van der Waals surface area contributed by atoms with Crippen molar-refractivity contribution < 1.29 is 33.3 Å². The molecule has 0 saturated carbocycles. The molecular weight excluding hydrogens is 416 g/mol. The van der Waals surface area contributed by atoms with Gasteiger partial charge in [0.2, 0.25) is 6.79 Å². The van der Waals surface area contributed by atoms with Crippen molar-refractivity contribution in [3.63, 3.8) is 0 Å². The summed E-state index contributed by atoms with van der Waals surface area (Å²) in [6.07, 6.45) is 0. The predicted octanol–water partition coefficient (Wildman–Crippen LogP) is 2.07. The monoisotopic (exact) mass is 440 g/mol. The number of ether oxygens (including phenoxy) is 3. The Labute approximate surface area is 184 Å². The van der Waals surface area contributed by atoms with Crippen molar-refractivity contribution in [2.24, 2.45) is 0 Å². The second-order valence-electron chi connectivity index (χ2n) is 7.96. The number of hydrogen-bond acceptors (Lipinski definition) is 8. The van der Waals surface area contributed by atoms with Gasteiger partial charge in [0.1, 0.15) is 23.3 Å². The minimum absolute atomic E-state index is 0.00481. The van der Waals surface area contributed by atoms with Gasteiger partial charge in [0.25, 0.3) is 11.7 Å². The molecule has 1 aromatic heterocycles. The molecule has 1 N–H and O–H groups in total. The molecule has 32 heavy (non-hydrogen) atoms. The number of amides is 1. The topological polar surface area (TPSA) is 102 Å². The highest BCUT2D eigenvalue weighted by atomic mass is 16.7. The molecule has 2 aromatic rings. The van der Waals surface area contributed by atoms with Crippen LogP contribution < -0.4 is 9.47 Å². The van der Waals surface area contributed by atoms with E-state index in [1.807, 2.05) is 0 Å². The molecule has 2 fully saturated rings. The maximum Gasteiger partial charge on any atom is 0.295 e. The molecule has 0 radical (unpaired) electrons. The first kappa shape index (κ1) is 20.6. The van der Waals surface area contributed by atoms with Gasteiger partial charge in [-0.05, 0) is 37.3 Å². The Kier molecular flexibility index (Phi) is 5.36. The third-order valence-electron chi connectivity index (χ3n) is 5.98. The number of furan rings is 1. The molecule has 5 rings (SSSR count). The average Bonchev–Trinajstić information content (AvgIpc) is 3.51. The summed E-state index contributed by atoms with van der Waals surface area (Å²) in [5, 5.41) is 11.1. The maximum atomic E-state index is 13.1. The number of rotatable bonds is 5. The van der Waals surface area contributed by atoms with Crippen LogP contribution in [0.2, 0.25) is 0 Å². The number of carbonyl (C=O) groups is 2. The number of fused-ring (bicyclic) bond motifs is 1. The molecule has 3 aliphatic heterocycles. The predicted molar refractivity (Wildman–Crippen MR) is 112 cm³/mol. The van der Waals surface area contributed by atoms with E-state index in [2.05, 4.69) is 4.90 Å². The van der Waals surface area contributed by atoms with Gasteiger partial charge in [-0.3, -0.25) is 14.5 Å². The molecule has 2 saturated heterocycles. The molecule has 1 atom stereocenters. The van der Waals surface area contributed by atoms with E-state index in [1.54, 1.807) is 37.3 Å². The maximum absolute atomic E-state index is 13.1. The number of Topliss-reactive ketones (excluding diaryl/α,β-unsaturated/α-hetero) is 1. The van der Waals surface area contributed by atoms with Crippen LogP contribution in [0.4, 0.5) is 0 Å². The Bertz CT molecular complexity index is 1080. The minimum Gasteiger partial charge on any atom is -0.507 e. The lowest BCUT2D eigenvalue weighted by Gasteiger charge is -2.30. The second-order valence-corrected chi connectivity index (χ2v) is 7.96. The van der Waals surface area contributed by atoms with E-state index in [9.17, 15) is 14.7 Å². The number of hydrogen-bond donors (Lipinski definition) is 1. The molecule has 0 aliphatic carbocycles. The minimum atomic E-state index is -0.810. The summed E-state index contributed by atoms with van der Waals surface area (Å²) in [5.74, 6) is 0.468. The standard InChI is InChI=1S/C23H24N2O7/c1-14-2-4-17(32-14)20-19(21(26)15-3-5-16-18(12-15)31-13-30-16)22(27)23(28)25(20)7-6-24-8-10-29-11-9-24/h2-5,12,20,26H,6-11,13H2,1H3/b21-19+. The quantitative estimate of drug-likeness (QED) is 0.428. The van der Waals surface area contributed by atoms with Crippen molar-refractivity contribution >= 4 is 17.4 Å². The summed E-state index contributed by atoms with van der Waals surface area (Å²) in [6.45, 7) is 5.63. The smallest absolute Gasteiger partial charge is 0.295 e. The van der Waals surface area contributed by atoms with Crippen molar-refractivity contribution in [3.05, 3.63) is 53.0 Å². The molecule has 0 spiro atoms.